The van der Waals surface area contributed by atoms with Gasteiger partial charge in [-0.3, -0.25) is 9.48 Å². The fraction of sp³-hybridized carbons (Fsp3) is 0.562. The highest BCUT2D eigenvalue weighted by atomic mass is 16.5. The quantitative estimate of drug-likeness (QED) is 0.881. The van der Waals surface area contributed by atoms with Crippen molar-refractivity contribution in [1.82, 2.24) is 24.6 Å². The molecule has 7 nitrogen and oxygen atoms in total. The molecule has 1 aliphatic heterocycles. The van der Waals surface area contributed by atoms with E-state index < -0.39 is 0 Å². The molecule has 1 aliphatic rings. The molecule has 2 aromatic heterocycles. The second-order valence-corrected chi connectivity index (χ2v) is 5.72. The zero-order valence-electron chi connectivity index (χ0n) is 13.6. The Morgan fingerprint density at radius 3 is 3.13 bits per heavy atom. The molecular formula is C16H23N5O2. The summed E-state index contributed by atoms with van der Waals surface area (Å²) >= 11 is 0. The van der Waals surface area contributed by atoms with E-state index in [1.807, 2.05) is 6.20 Å². The van der Waals surface area contributed by atoms with Crippen molar-refractivity contribution in [2.45, 2.75) is 51.9 Å². The van der Waals surface area contributed by atoms with Gasteiger partial charge < -0.3 is 14.6 Å². The summed E-state index contributed by atoms with van der Waals surface area (Å²) in [6.45, 7) is 6.42. The summed E-state index contributed by atoms with van der Waals surface area (Å²) in [5.41, 5.74) is 0.586. The smallest absolute Gasteiger partial charge is 0.254 e. The predicted molar refractivity (Wildman–Crippen MR) is 85.0 cm³/mol. The van der Waals surface area contributed by atoms with E-state index >= 15 is 0 Å². The van der Waals surface area contributed by atoms with Crippen LogP contribution < -0.4 is 5.32 Å². The molecule has 0 aromatic carbocycles. The van der Waals surface area contributed by atoms with Crippen LogP contribution in [0.15, 0.2) is 24.8 Å². The number of rotatable bonds is 6. The van der Waals surface area contributed by atoms with Crippen LogP contribution in [0.4, 0.5) is 0 Å². The van der Waals surface area contributed by atoms with Crippen molar-refractivity contribution in [2.24, 2.45) is 0 Å². The van der Waals surface area contributed by atoms with Crippen molar-refractivity contribution >= 4 is 5.91 Å². The summed E-state index contributed by atoms with van der Waals surface area (Å²) in [5, 5.41) is 7.28. The van der Waals surface area contributed by atoms with Crippen LogP contribution in [0.2, 0.25) is 0 Å². The lowest BCUT2D eigenvalue weighted by molar-refractivity contribution is 0.0775. The van der Waals surface area contributed by atoms with E-state index in [9.17, 15) is 4.79 Å². The molecule has 0 saturated carbocycles. The van der Waals surface area contributed by atoms with Gasteiger partial charge >= 0.3 is 0 Å². The number of nitrogens with zero attached hydrogens (tertiary/aromatic N) is 4. The first-order valence-electron chi connectivity index (χ1n) is 8.18. The summed E-state index contributed by atoms with van der Waals surface area (Å²) in [6.07, 6.45) is 8.69. The van der Waals surface area contributed by atoms with Gasteiger partial charge in [-0.25, -0.2) is 4.98 Å². The van der Waals surface area contributed by atoms with Gasteiger partial charge in [0.2, 0.25) is 0 Å². The van der Waals surface area contributed by atoms with E-state index in [1.54, 1.807) is 23.3 Å². The predicted octanol–water partition coefficient (Wildman–Crippen LogP) is 1.77. The molecule has 0 bridgehead atoms. The van der Waals surface area contributed by atoms with E-state index in [0.29, 0.717) is 12.2 Å². The first kappa shape index (κ1) is 15.7. The Morgan fingerprint density at radius 1 is 1.48 bits per heavy atom. The van der Waals surface area contributed by atoms with Gasteiger partial charge in [-0.2, -0.15) is 5.10 Å². The van der Waals surface area contributed by atoms with Gasteiger partial charge in [0.1, 0.15) is 11.9 Å². The Kier molecular flexibility index (Phi) is 4.76. The first-order valence-corrected chi connectivity index (χ1v) is 8.18. The minimum atomic E-state index is -0.195. The lowest BCUT2D eigenvalue weighted by Gasteiger charge is -2.20. The van der Waals surface area contributed by atoms with Crippen molar-refractivity contribution in [3.63, 3.8) is 0 Å². The number of carbonyl (C=O) groups excluding carboxylic acids is 1. The summed E-state index contributed by atoms with van der Waals surface area (Å²) in [6, 6.07) is -0.0651. The number of ether oxygens (including phenoxy) is 1. The molecule has 1 saturated heterocycles. The molecule has 0 spiro atoms. The van der Waals surface area contributed by atoms with Crippen LogP contribution in [-0.2, 0) is 17.8 Å². The maximum atomic E-state index is 12.4. The third kappa shape index (κ3) is 3.29. The van der Waals surface area contributed by atoms with Crippen molar-refractivity contribution in [1.29, 1.82) is 0 Å². The lowest BCUT2D eigenvalue weighted by atomic mass is 10.1. The molecule has 0 radical (unpaired) electrons. The third-order valence-corrected chi connectivity index (χ3v) is 4.10. The standard InChI is InChI=1S/C16H23N5O2/c1-3-7-21-11-12(10-18-21)16(22)19-13-5-9-23-14(13)15-17-6-8-20(15)4-2/h6,8,10-11,13-14H,3-5,7,9H2,1-2H3,(H,19,22)/t13-,14-/m0/s1. The third-order valence-electron chi connectivity index (χ3n) is 4.10. The largest absolute Gasteiger partial charge is 0.368 e. The van der Waals surface area contributed by atoms with Crippen LogP contribution >= 0.6 is 0 Å². The van der Waals surface area contributed by atoms with Crippen LogP contribution in [-0.4, -0.2) is 37.9 Å². The molecule has 0 aliphatic carbocycles. The fourth-order valence-electron chi connectivity index (χ4n) is 2.92. The summed E-state index contributed by atoms with van der Waals surface area (Å²) in [5.74, 6) is 0.763. The number of imidazole rings is 1. The molecule has 7 heteroatoms. The molecule has 0 unspecified atom stereocenters. The zero-order chi connectivity index (χ0) is 16.2. The Bertz CT molecular complexity index is 663. The van der Waals surface area contributed by atoms with Gasteiger partial charge in [-0.1, -0.05) is 6.92 Å². The summed E-state index contributed by atoms with van der Waals surface area (Å²) in [7, 11) is 0. The molecule has 124 valence electrons. The van der Waals surface area contributed by atoms with Crippen molar-refractivity contribution in [3.05, 3.63) is 36.2 Å². The number of hydrogen-bond acceptors (Lipinski definition) is 4. The molecular weight excluding hydrogens is 294 g/mol. The van der Waals surface area contributed by atoms with E-state index in [0.717, 1.165) is 31.8 Å². The Morgan fingerprint density at radius 2 is 2.35 bits per heavy atom. The number of aryl methyl sites for hydroxylation is 2. The number of hydrogen-bond donors (Lipinski definition) is 1. The Balaban J connectivity index is 1.69. The molecule has 2 atom stereocenters. The minimum absolute atomic E-state index is 0.0651. The maximum Gasteiger partial charge on any atom is 0.254 e. The van der Waals surface area contributed by atoms with E-state index in [1.165, 1.54) is 0 Å². The Hall–Kier alpha value is -2.15. The highest BCUT2D eigenvalue weighted by molar-refractivity contribution is 5.93. The van der Waals surface area contributed by atoms with Gasteiger partial charge in [0.15, 0.2) is 0 Å². The zero-order valence-corrected chi connectivity index (χ0v) is 13.6. The molecule has 2 aromatic rings. The van der Waals surface area contributed by atoms with Crippen LogP contribution in [0, 0.1) is 0 Å². The molecule has 1 fully saturated rings. The average molecular weight is 317 g/mol. The average Bonchev–Trinajstić information content (AvgIpc) is 3.26. The topological polar surface area (TPSA) is 74.0 Å². The molecule has 3 heterocycles. The second-order valence-electron chi connectivity index (χ2n) is 5.72. The molecule has 1 amide bonds. The number of aromatic nitrogens is 4. The van der Waals surface area contributed by atoms with E-state index in [-0.39, 0.29) is 18.1 Å². The van der Waals surface area contributed by atoms with Gasteiger partial charge in [0.05, 0.1) is 17.8 Å². The van der Waals surface area contributed by atoms with Crippen LogP contribution in [0.1, 0.15) is 49.0 Å². The highest BCUT2D eigenvalue weighted by Gasteiger charge is 2.34. The normalized spacial score (nSPS) is 20.8. The number of nitrogens with one attached hydrogen (secondary N) is 1. The number of carbonyl (C=O) groups is 1. The Labute approximate surface area is 135 Å². The highest BCUT2D eigenvalue weighted by Crippen LogP contribution is 2.28. The van der Waals surface area contributed by atoms with E-state index in [2.05, 4.69) is 33.8 Å². The molecule has 3 rings (SSSR count). The fourth-order valence-corrected chi connectivity index (χ4v) is 2.92. The number of amides is 1. The van der Waals surface area contributed by atoms with E-state index in [4.69, 9.17) is 4.74 Å². The van der Waals surface area contributed by atoms with Crippen molar-refractivity contribution < 1.29 is 9.53 Å². The minimum Gasteiger partial charge on any atom is -0.368 e. The lowest BCUT2D eigenvalue weighted by Crippen LogP contribution is -2.37. The first-order chi connectivity index (χ1) is 11.2. The van der Waals surface area contributed by atoms with Gasteiger partial charge in [-0.05, 0) is 19.8 Å². The van der Waals surface area contributed by atoms with Gasteiger partial charge in [0.25, 0.3) is 5.91 Å². The summed E-state index contributed by atoms with van der Waals surface area (Å²) in [4.78, 5) is 16.8. The van der Waals surface area contributed by atoms with Gasteiger partial charge in [-0.15, -0.1) is 0 Å². The van der Waals surface area contributed by atoms with Crippen LogP contribution in [0.5, 0.6) is 0 Å². The monoisotopic (exact) mass is 317 g/mol. The van der Waals surface area contributed by atoms with Crippen molar-refractivity contribution in [2.75, 3.05) is 6.61 Å². The van der Waals surface area contributed by atoms with Crippen molar-refractivity contribution in [3.8, 4) is 0 Å². The molecule has 1 N–H and O–H groups in total. The van der Waals surface area contributed by atoms with Gasteiger partial charge in [0, 0.05) is 38.3 Å². The van der Waals surface area contributed by atoms with Crippen LogP contribution in [0.3, 0.4) is 0 Å². The second kappa shape index (κ2) is 6.95. The maximum absolute atomic E-state index is 12.4. The molecule has 23 heavy (non-hydrogen) atoms. The van der Waals surface area contributed by atoms with Crippen LogP contribution in [0.25, 0.3) is 0 Å². The summed E-state index contributed by atoms with van der Waals surface area (Å²) < 4.78 is 9.66. The SMILES string of the molecule is CCCn1cc(C(=O)N[C@H]2CCO[C@@H]2c2nccn2CC)cn1.